The average molecular weight is 466 g/mol. The van der Waals surface area contributed by atoms with E-state index in [2.05, 4.69) is 0 Å². The van der Waals surface area contributed by atoms with E-state index in [-0.39, 0.29) is 0 Å². The van der Waals surface area contributed by atoms with Crippen molar-refractivity contribution in [1.82, 2.24) is 2.56 Å². The van der Waals surface area contributed by atoms with Crippen LogP contribution in [0.25, 0.3) is 0 Å². The Bertz CT molecular complexity index is 887. The predicted molar refractivity (Wildman–Crippen MR) is 104 cm³/mol. The van der Waals surface area contributed by atoms with Gasteiger partial charge in [0.2, 0.25) is 0 Å². The summed E-state index contributed by atoms with van der Waals surface area (Å²) in [5, 5.41) is 0. The second-order valence-corrected chi connectivity index (χ2v) is 14.2. The number of sulfonamides is 1. The van der Waals surface area contributed by atoms with Gasteiger partial charge in [0, 0.05) is 0 Å². The molecule has 0 radical (unpaired) electrons. The molecule has 0 spiro atoms. The molecule has 0 N–H and O–H groups in total. The Morgan fingerprint density at radius 3 is 1.60 bits per heavy atom. The van der Waals surface area contributed by atoms with Crippen molar-refractivity contribution in [1.29, 1.82) is 0 Å². The number of benzene rings is 3. The van der Waals surface area contributed by atoms with Crippen LogP contribution in [-0.2, 0) is 10.0 Å². The second-order valence-electron chi connectivity index (χ2n) is 5.64. The van der Waals surface area contributed by atoms with Crippen molar-refractivity contribution in [2.75, 3.05) is 7.05 Å². The van der Waals surface area contributed by atoms with Gasteiger partial charge in [0.05, 0.1) is 0 Å². The molecule has 0 aliphatic rings. The van der Waals surface area contributed by atoms with Gasteiger partial charge in [0.25, 0.3) is 0 Å². The number of hydrogen-bond acceptors (Lipinski definition) is 2. The van der Waals surface area contributed by atoms with E-state index >= 15 is 0 Å². The maximum absolute atomic E-state index is 13.2. The number of nitrogens with zero attached hydrogens (tertiary/aromatic N) is 1. The molecule has 0 unspecified atom stereocenters. The fourth-order valence-electron chi connectivity index (χ4n) is 2.49. The summed E-state index contributed by atoms with van der Waals surface area (Å²) in [5.41, 5.74) is 1.05. The monoisotopic (exact) mass is 468 g/mol. The third-order valence-electron chi connectivity index (χ3n) is 3.85. The van der Waals surface area contributed by atoms with Crippen LogP contribution in [0.15, 0.2) is 89.8 Å². The van der Waals surface area contributed by atoms with Crippen LogP contribution >= 0.6 is 0 Å². The zero-order valence-electron chi connectivity index (χ0n) is 14.2. The molecule has 0 saturated carbocycles. The van der Waals surface area contributed by atoms with Gasteiger partial charge in [0.15, 0.2) is 0 Å². The van der Waals surface area contributed by atoms with Crippen LogP contribution in [0.5, 0.6) is 0 Å². The van der Waals surface area contributed by atoms with Gasteiger partial charge < -0.3 is 0 Å². The van der Waals surface area contributed by atoms with Crippen molar-refractivity contribution < 1.29 is 8.42 Å². The van der Waals surface area contributed by atoms with Gasteiger partial charge in [-0.25, -0.2) is 0 Å². The molecule has 3 rings (SSSR count). The molecule has 0 aliphatic heterocycles. The number of aryl methyl sites for hydroxylation is 1. The van der Waals surface area contributed by atoms with Crippen molar-refractivity contribution >= 4 is 37.1 Å². The standard InChI is InChI=1S/C20H20NO2STe/c1-17-13-15-18(16-14-17)24(22,23)21(2)25(19-9-5-3-6-10-19)20-11-7-4-8-12-20/h3-16H,1-2H3/q+1. The van der Waals surface area contributed by atoms with Crippen molar-refractivity contribution in [3.8, 4) is 0 Å². The molecule has 128 valence electrons. The molecule has 5 heteroatoms. The Balaban J connectivity index is 2.08. The van der Waals surface area contributed by atoms with Gasteiger partial charge in [-0.15, -0.1) is 0 Å². The first-order chi connectivity index (χ1) is 12.0. The molecular weight excluding hydrogens is 446 g/mol. The molecular formula is C20H20NO2STe+. The SMILES string of the molecule is Cc1ccc(S(=O)(=O)N(C)[Te+](c2ccccc2)c2ccccc2)cc1. The van der Waals surface area contributed by atoms with Crippen LogP contribution in [0.3, 0.4) is 0 Å². The Hall–Kier alpha value is -1.64. The third kappa shape index (κ3) is 3.96. The number of hydrogen-bond donors (Lipinski definition) is 0. The average Bonchev–Trinajstić information content (AvgIpc) is 2.64. The van der Waals surface area contributed by atoms with Crippen molar-refractivity contribution in [2.45, 2.75) is 11.8 Å². The first-order valence-corrected chi connectivity index (χ1v) is 12.7. The van der Waals surface area contributed by atoms with E-state index in [1.807, 2.05) is 79.7 Å². The summed E-state index contributed by atoms with van der Waals surface area (Å²) in [7, 11) is -1.83. The van der Waals surface area contributed by atoms with Gasteiger partial charge in [-0.3, -0.25) is 0 Å². The summed E-state index contributed by atoms with van der Waals surface area (Å²) < 4.78 is 30.2. The summed E-state index contributed by atoms with van der Waals surface area (Å²) in [6, 6.07) is 27.0. The Morgan fingerprint density at radius 2 is 1.16 bits per heavy atom. The first kappa shape index (κ1) is 18.2. The van der Waals surface area contributed by atoms with Gasteiger partial charge in [-0.2, -0.15) is 0 Å². The molecule has 25 heavy (non-hydrogen) atoms. The zero-order chi connectivity index (χ0) is 17.9. The summed E-state index contributed by atoms with van der Waals surface area (Å²) in [6.45, 7) is 1.95. The van der Waals surface area contributed by atoms with E-state index < -0.39 is 29.8 Å². The van der Waals surface area contributed by atoms with Crippen LogP contribution in [0.4, 0.5) is 0 Å². The Labute approximate surface area is 157 Å². The van der Waals surface area contributed by atoms with Gasteiger partial charge >= 0.3 is 157 Å². The molecule has 3 aromatic carbocycles. The van der Waals surface area contributed by atoms with E-state index in [1.54, 1.807) is 21.7 Å². The fourth-order valence-corrected chi connectivity index (χ4v) is 11.9. The normalized spacial score (nSPS) is 11.8. The maximum atomic E-state index is 13.2. The minimum atomic E-state index is -3.54. The van der Waals surface area contributed by atoms with E-state index in [4.69, 9.17) is 0 Å². The molecule has 0 aromatic heterocycles. The van der Waals surface area contributed by atoms with E-state index in [9.17, 15) is 8.42 Å². The van der Waals surface area contributed by atoms with E-state index in [0.717, 1.165) is 12.8 Å². The minimum absolute atomic E-state index is 0.346. The summed E-state index contributed by atoms with van der Waals surface area (Å²) >= 11 is -2.49. The predicted octanol–water partition coefficient (Wildman–Crippen LogP) is 2.42. The molecule has 0 atom stereocenters. The van der Waals surface area contributed by atoms with Crippen LogP contribution in [-0.4, -0.2) is 37.8 Å². The quantitative estimate of drug-likeness (QED) is 0.543. The van der Waals surface area contributed by atoms with Crippen molar-refractivity contribution in [3.05, 3.63) is 90.5 Å². The van der Waals surface area contributed by atoms with Crippen LogP contribution in [0, 0.1) is 6.92 Å². The van der Waals surface area contributed by atoms with Gasteiger partial charge in [-0.05, 0) is 0 Å². The van der Waals surface area contributed by atoms with E-state index in [0.29, 0.717) is 4.90 Å². The molecule has 0 heterocycles. The Kier molecular flexibility index (Phi) is 5.61. The first-order valence-electron chi connectivity index (χ1n) is 7.90. The number of rotatable bonds is 5. The van der Waals surface area contributed by atoms with Gasteiger partial charge in [-0.1, -0.05) is 0 Å². The fraction of sp³-hybridized carbons (Fsp3) is 0.100. The summed E-state index contributed by atoms with van der Waals surface area (Å²) in [4.78, 5) is 0.346. The molecule has 3 aromatic rings. The molecule has 0 amide bonds. The van der Waals surface area contributed by atoms with Crippen LogP contribution < -0.4 is 7.22 Å². The zero-order valence-corrected chi connectivity index (χ0v) is 17.3. The molecule has 0 saturated heterocycles. The molecule has 3 nitrogen and oxygen atoms in total. The topological polar surface area (TPSA) is 37.4 Å². The van der Waals surface area contributed by atoms with Crippen LogP contribution in [0.2, 0.25) is 0 Å². The van der Waals surface area contributed by atoms with Crippen molar-refractivity contribution in [2.24, 2.45) is 0 Å². The third-order valence-corrected chi connectivity index (χ3v) is 13.6. The molecule has 0 bridgehead atoms. The molecule has 0 aliphatic carbocycles. The summed E-state index contributed by atoms with van der Waals surface area (Å²) in [5.74, 6) is 0. The van der Waals surface area contributed by atoms with Crippen LogP contribution in [0.1, 0.15) is 5.56 Å². The summed E-state index contributed by atoms with van der Waals surface area (Å²) in [6.07, 6.45) is 0. The van der Waals surface area contributed by atoms with Crippen molar-refractivity contribution in [3.63, 3.8) is 0 Å². The van der Waals surface area contributed by atoms with Gasteiger partial charge in [0.1, 0.15) is 0 Å². The second kappa shape index (κ2) is 7.72. The van der Waals surface area contributed by atoms with E-state index in [1.165, 1.54) is 0 Å². The molecule has 0 fully saturated rings. The Morgan fingerprint density at radius 1 is 0.720 bits per heavy atom.